The van der Waals surface area contributed by atoms with Crippen LogP contribution in [0.3, 0.4) is 0 Å². The van der Waals surface area contributed by atoms with Crippen LogP contribution in [0.1, 0.15) is 63.0 Å². The predicted octanol–water partition coefficient (Wildman–Crippen LogP) is 4.30. The number of aromatic nitrogens is 2. The number of ether oxygens (including phenoxy) is 2. The number of nitrogens with two attached hydrogens (primary N) is 1. The third-order valence-corrected chi connectivity index (χ3v) is 6.37. The lowest BCUT2D eigenvalue weighted by Crippen LogP contribution is -2.36. The van der Waals surface area contributed by atoms with Crippen LogP contribution in [0.15, 0.2) is 18.2 Å². The molecule has 0 unspecified atom stereocenters. The molecule has 1 aromatic heterocycles. The number of alkyl halides is 5. The number of rotatable bonds is 11. The molecule has 12 heteroatoms. The van der Waals surface area contributed by atoms with Gasteiger partial charge in [-0.05, 0) is 44.4 Å². The molecule has 0 saturated heterocycles. The smallest absolute Gasteiger partial charge is 0.376 e. The Kier molecular flexibility index (Phi) is 7.09. The number of aromatic amines is 1. The SMILES string of the molecule is C[C@@H](O[C@H](C)C(F)(F)F)[C@H](N)c1nc2ccc([C@@H](COC3CC3)NC(=O)C[C@H]3CC3(F)F)cc2[nH]1. The van der Waals surface area contributed by atoms with Crippen molar-refractivity contribution in [2.75, 3.05) is 6.61 Å². The van der Waals surface area contributed by atoms with E-state index in [9.17, 15) is 26.7 Å². The number of hydrogen-bond donors (Lipinski definition) is 3. The summed E-state index contributed by atoms with van der Waals surface area (Å²) in [4.78, 5) is 19.8. The summed E-state index contributed by atoms with van der Waals surface area (Å²) >= 11 is 0. The highest BCUT2D eigenvalue weighted by molar-refractivity contribution is 5.79. The second kappa shape index (κ2) is 9.62. The van der Waals surface area contributed by atoms with E-state index in [1.807, 2.05) is 0 Å². The van der Waals surface area contributed by atoms with Crippen molar-refractivity contribution in [1.29, 1.82) is 0 Å². The van der Waals surface area contributed by atoms with E-state index in [1.54, 1.807) is 18.2 Å². The number of fused-ring (bicyclic) bond motifs is 1. The van der Waals surface area contributed by atoms with Crippen LogP contribution in [0.25, 0.3) is 11.0 Å². The van der Waals surface area contributed by atoms with Crippen LogP contribution in [0.4, 0.5) is 22.0 Å². The molecule has 4 rings (SSSR count). The maximum absolute atomic E-state index is 13.2. The quantitative estimate of drug-likeness (QED) is 0.396. The molecular weight excluding hydrogens is 475 g/mol. The second-order valence-corrected chi connectivity index (χ2v) is 9.47. The van der Waals surface area contributed by atoms with Crippen LogP contribution in [0.5, 0.6) is 0 Å². The number of amides is 1. The van der Waals surface area contributed by atoms with Crippen molar-refractivity contribution in [3.05, 3.63) is 29.6 Å². The van der Waals surface area contributed by atoms with Gasteiger partial charge in [0.25, 0.3) is 5.92 Å². The Hall–Kier alpha value is -2.31. The summed E-state index contributed by atoms with van der Waals surface area (Å²) in [7, 11) is 0. The lowest BCUT2D eigenvalue weighted by Gasteiger charge is -2.24. The maximum atomic E-state index is 13.2. The lowest BCUT2D eigenvalue weighted by atomic mass is 10.1. The molecule has 1 amide bonds. The van der Waals surface area contributed by atoms with E-state index in [2.05, 4.69) is 15.3 Å². The Labute approximate surface area is 198 Å². The second-order valence-electron chi connectivity index (χ2n) is 9.47. The van der Waals surface area contributed by atoms with E-state index in [1.165, 1.54) is 6.92 Å². The van der Waals surface area contributed by atoms with Crippen LogP contribution in [0, 0.1) is 5.92 Å². The van der Waals surface area contributed by atoms with Crippen LogP contribution >= 0.6 is 0 Å². The molecule has 1 aromatic carbocycles. The number of nitrogens with zero attached hydrogens (tertiary/aromatic N) is 1. The van der Waals surface area contributed by atoms with E-state index in [0.717, 1.165) is 19.8 Å². The van der Waals surface area contributed by atoms with Crippen LogP contribution < -0.4 is 11.1 Å². The van der Waals surface area contributed by atoms with Crippen LogP contribution in [-0.2, 0) is 14.3 Å². The monoisotopic (exact) mass is 504 g/mol. The Bertz CT molecular complexity index is 1060. The molecule has 4 N–H and O–H groups in total. The van der Waals surface area contributed by atoms with Gasteiger partial charge in [-0.25, -0.2) is 13.8 Å². The highest BCUT2D eigenvalue weighted by Crippen LogP contribution is 2.50. The first-order valence-corrected chi connectivity index (χ1v) is 11.6. The largest absolute Gasteiger partial charge is 0.414 e. The molecule has 35 heavy (non-hydrogen) atoms. The molecule has 2 saturated carbocycles. The summed E-state index contributed by atoms with van der Waals surface area (Å²) in [6.45, 7) is 2.54. The fraction of sp³-hybridized carbons (Fsp3) is 0.652. The number of nitrogens with one attached hydrogen (secondary N) is 2. The fourth-order valence-corrected chi connectivity index (χ4v) is 3.78. The van der Waals surface area contributed by atoms with Gasteiger partial charge < -0.3 is 25.5 Å². The summed E-state index contributed by atoms with van der Waals surface area (Å²) < 4.78 is 75.7. The van der Waals surface area contributed by atoms with Gasteiger partial charge in [-0.3, -0.25) is 4.79 Å². The first kappa shape index (κ1) is 25.8. The number of H-pyrrole nitrogens is 1. The van der Waals surface area contributed by atoms with Gasteiger partial charge in [0.15, 0.2) is 6.10 Å². The highest BCUT2D eigenvalue weighted by atomic mass is 19.4. The van der Waals surface area contributed by atoms with Gasteiger partial charge in [0.05, 0.1) is 41.9 Å². The van der Waals surface area contributed by atoms with Crippen molar-refractivity contribution in [1.82, 2.24) is 15.3 Å². The molecule has 1 heterocycles. The Balaban J connectivity index is 1.47. The number of imidazole rings is 1. The van der Waals surface area contributed by atoms with Gasteiger partial charge in [-0.1, -0.05) is 6.07 Å². The van der Waals surface area contributed by atoms with Gasteiger partial charge in [-0.2, -0.15) is 13.2 Å². The van der Waals surface area contributed by atoms with Crippen molar-refractivity contribution in [3.63, 3.8) is 0 Å². The van der Waals surface area contributed by atoms with Crippen molar-refractivity contribution >= 4 is 16.9 Å². The van der Waals surface area contributed by atoms with Gasteiger partial charge in [0.2, 0.25) is 5.91 Å². The molecule has 2 aliphatic rings. The molecule has 0 aliphatic heterocycles. The van der Waals surface area contributed by atoms with Crippen molar-refractivity contribution < 1.29 is 36.2 Å². The van der Waals surface area contributed by atoms with Gasteiger partial charge in [0, 0.05) is 18.8 Å². The topological polar surface area (TPSA) is 102 Å². The number of benzene rings is 1. The summed E-state index contributed by atoms with van der Waals surface area (Å²) in [5.74, 6) is -3.94. The minimum Gasteiger partial charge on any atom is -0.376 e. The zero-order valence-electron chi connectivity index (χ0n) is 19.4. The third-order valence-electron chi connectivity index (χ3n) is 6.37. The van der Waals surface area contributed by atoms with E-state index >= 15 is 0 Å². The van der Waals surface area contributed by atoms with E-state index in [-0.39, 0.29) is 31.4 Å². The Morgan fingerprint density at radius 3 is 2.60 bits per heavy atom. The summed E-state index contributed by atoms with van der Waals surface area (Å²) in [5, 5.41) is 2.79. The minimum absolute atomic E-state index is 0.128. The normalized spacial score (nSPS) is 23.0. The van der Waals surface area contributed by atoms with Crippen molar-refractivity contribution in [2.24, 2.45) is 11.7 Å². The molecule has 2 aliphatic carbocycles. The van der Waals surface area contributed by atoms with Crippen molar-refractivity contribution in [3.8, 4) is 0 Å². The van der Waals surface area contributed by atoms with E-state index in [4.69, 9.17) is 15.2 Å². The average Bonchev–Trinajstić information content (AvgIpc) is 3.65. The first-order valence-electron chi connectivity index (χ1n) is 11.6. The number of halogens is 5. The third kappa shape index (κ3) is 6.47. The molecule has 0 bridgehead atoms. The summed E-state index contributed by atoms with van der Waals surface area (Å²) in [5.41, 5.74) is 7.86. The van der Waals surface area contributed by atoms with Crippen molar-refractivity contribution in [2.45, 2.75) is 82.0 Å². The van der Waals surface area contributed by atoms with Crippen LogP contribution in [-0.4, -0.2) is 52.9 Å². The number of carbonyl (C=O) groups is 1. The molecular formula is C23H29F5N4O3. The number of hydrogen-bond acceptors (Lipinski definition) is 5. The molecule has 7 nitrogen and oxygen atoms in total. The Morgan fingerprint density at radius 2 is 2.00 bits per heavy atom. The molecule has 2 fully saturated rings. The zero-order valence-corrected chi connectivity index (χ0v) is 19.4. The predicted molar refractivity (Wildman–Crippen MR) is 117 cm³/mol. The average molecular weight is 505 g/mol. The van der Waals surface area contributed by atoms with Crippen LogP contribution in [0.2, 0.25) is 0 Å². The molecule has 194 valence electrons. The summed E-state index contributed by atoms with van der Waals surface area (Å²) in [6.07, 6.45) is -6.00. The minimum atomic E-state index is -4.51. The van der Waals surface area contributed by atoms with E-state index in [0.29, 0.717) is 16.6 Å². The molecule has 2 aromatic rings. The van der Waals surface area contributed by atoms with Gasteiger partial charge >= 0.3 is 6.18 Å². The molecule has 5 atom stereocenters. The number of carbonyl (C=O) groups excluding carboxylic acids is 1. The maximum Gasteiger partial charge on any atom is 0.414 e. The summed E-state index contributed by atoms with van der Waals surface area (Å²) in [6, 6.07) is 3.65. The first-order chi connectivity index (χ1) is 16.3. The fourth-order valence-electron chi connectivity index (χ4n) is 3.78. The van der Waals surface area contributed by atoms with Gasteiger partial charge in [-0.15, -0.1) is 0 Å². The zero-order chi connectivity index (χ0) is 25.5. The molecule has 0 spiro atoms. The Morgan fingerprint density at radius 1 is 1.31 bits per heavy atom. The van der Waals surface area contributed by atoms with Gasteiger partial charge in [0.1, 0.15) is 5.82 Å². The standard InChI is InChI=1S/C23H29F5N4O3/c1-11(35-12(2)23(26,27)28)20(29)21-31-16-6-3-13(7-17(16)32-21)18(10-34-15-4-5-15)30-19(33)8-14-9-22(14,24)25/h3,6-7,11-12,14-15,18,20H,4-5,8-10,29H2,1-2H3,(H,30,33)(H,31,32)/t11-,12-,14+,18-,20+/m1/s1. The van der Waals surface area contributed by atoms with E-state index < -0.39 is 48.2 Å². The molecule has 0 radical (unpaired) electrons. The highest BCUT2D eigenvalue weighted by Gasteiger charge is 2.57. The lowest BCUT2D eigenvalue weighted by molar-refractivity contribution is -0.227.